The number of Topliss-reactive ketones (excluding diaryl/α,β-unsaturated/α-hetero) is 1. The standard InChI is InChI=1S/C14H18N4O4/c1-10(19)11-3-4-12(13(9-11)18(21)22)16-5-2-6-17(8-7-16)14(15)20/h3-4,9H,2,5-8H2,1H3,(H2,15,20). The number of nitrogens with two attached hydrogens (primary N) is 1. The number of nitrogens with zero attached hydrogens (tertiary/aromatic N) is 3. The highest BCUT2D eigenvalue weighted by atomic mass is 16.6. The molecule has 1 aliphatic rings. The molecule has 1 saturated heterocycles. The number of hydrogen-bond acceptors (Lipinski definition) is 5. The van der Waals surface area contributed by atoms with Crippen LogP contribution in [-0.4, -0.2) is 47.8 Å². The summed E-state index contributed by atoms with van der Waals surface area (Å²) in [5, 5.41) is 11.3. The van der Waals surface area contributed by atoms with Crippen LogP contribution in [0.4, 0.5) is 16.2 Å². The number of anilines is 1. The highest BCUT2D eigenvalue weighted by Gasteiger charge is 2.24. The number of hydrogen-bond donors (Lipinski definition) is 1. The van der Waals surface area contributed by atoms with Gasteiger partial charge in [0.2, 0.25) is 0 Å². The van der Waals surface area contributed by atoms with Gasteiger partial charge in [0.25, 0.3) is 5.69 Å². The molecule has 2 rings (SSSR count). The Kier molecular flexibility index (Phi) is 4.59. The Morgan fingerprint density at radius 1 is 1.23 bits per heavy atom. The van der Waals surface area contributed by atoms with Gasteiger partial charge < -0.3 is 15.5 Å². The number of ketones is 1. The molecule has 0 atom stereocenters. The third-order valence-electron chi connectivity index (χ3n) is 3.73. The molecule has 0 spiro atoms. The first-order chi connectivity index (χ1) is 10.4. The second-order valence-corrected chi connectivity index (χ2v) is 5.18. The smallest absolute Gasteiger partial charge is 0.314 e. The van der Waals surface area contributed by atoms with Crippen molar-refractivity contribution in [1.82, 2.24) is 4.90 Å². The molecule has 8 nitrogen and oxygen atoms in total. The van der Waals surface area contributed by atoms with Crippen molar-refractivity contribution in [1.29, 1.82) is 0 Å². The summed E-state index contributed by atoms with van der Waals surface area (Å²) in [4.78, 5) is 36.8. The summed E-state index contributed by atoms with van der Waals surface area (Å²) in [6.07, 6.45) is 0.675. The van der Waals surface area contributed by atoms with Gasteiger partial charge in [0, 0.05) is 37.8 Å². The molecule has 8 heteroatoms. The zero-order chi connectivity index (χ0) is 16.3. The van der Waals surface area contributed by atoms with Crippen molar-refractivity contribution in [3.05, 3.63) is 33.9 Å². The summed E-state index contributed by atoms with van der Waals surface area (Å²) in [5.41, 5.74) is 5.95. The Morgan fingerprint density at radius 3 is 2.55 bits per heavy atom. The SMILES string of the molecule is CC(=O)c1ccc(N2CCCN(C(N)=O)CC2)c([N+](=O)[O-])c1. The zero-order valence-corrected chi connectivity index (χ0v) is 12.3. The molecule has 0 unspecified atom stereocenters. The molecule has 0 saturated carbocycles. The summed E-state index contributed by atoms with van der Waals surface area (Å²) in [6, 6.07) is 3.99. The van der Waals surface area contributed by atoms with Crippen LogP contribution in [-0.2, 0) is 0 Å². The fourth-order valence-electron chi connectivity index (χ4n) is 2.53. The lowest BCUT2D eigenvalue weighted by atomic mass is 10.1. The van der Waals surface area contributed by atoms with E-state index in [1.54, 1.807) is 12.1 Å². The number of urea groups is 1. The first-order valence-electron chi connectivity index (χ1n) is 6.99. The number of benzene rings is 1. The number of nitro benzene ring substituents is 1. The maximum Gasteiger partial charge on any atom is 0.314 e. The first kappa shape index (κ1) is 15.7. The van der Waals surface area contributed by atoms with E-state index in [-0.39, 0.29) is 11.5 Å². The molecule has 1 aromatic rings. The summed E-state index contributed by atoms with van der Waals surface area (Å²) in [6.45, 7) is 3.37. The van der Waals surface area contributed by atoms with E-state index in [2.05, 4.69) is 0 Å². The van der Waals surface area contributed by atoms with E-state index in [4.69, 9.17) is 5.73 Å². The van der Waals surface area contributed by atoms with Gasteiger partial charge in [0.05, 0.1) is 4.92 Å². The fourth-order valence-corrected chi connectivity index (χ4v) is 2.53. The van der Waals surface area contributed by atoms with Crippen molar-refractivity contribution in [3.63, 3.8) is 0 Å². The molecule has 118 valence electrons. The fraction of sp³-hybridized carbons (Fsp3) is 0.429. The van der Waals surface area contributed by atoms with Crippen molar-refractivity contribution < 1.29 is 14.5 Å². The predicted molar refractivity (Wildman–Crippen MR) is 81.1 cm³/mol. The Hall–Kier alpha value is -2.64. The van der Waals surface area contributed by atoms with E-state index in [1.807, 2.05) is 4.90 Å². The van der Waals surface area contributed by atoms with Crippen LogP contribution in [0.3, 0.4) is 0 Å². The van der Waals surface area contributed by atoms with E-state index < -0.39 is 11.0 Å². The maximum absolute atomic E-state index is 11.4. The van der Waals surface area contributed by atoms with Crippen LogP contribution >= 0.6 is 0 Å². The summed E-state index contributed by atoms with van der Waals surface area (Å²) >= 11 is 0. The van der Waals surface area contributed by atoms with Crippen LogP contribution in [0, 0.1) is 10.1 Å². The number of carbonyl (C=O) groups excluding carboxylic acids is 2. The lowest BCUT2D eigenvalue weighted by Gasteiger charge is -2.23. The van der Waals surface area contributed by atoms with Gasteiger partial charge in [0.15, 0.2) is 5.78 Å². The van der Waals surface area contributed by atoms with Gasteiger partial charge in [0.1, 0.15) is 5.69 Å². The number of amides is 2. The predicted octanol–water partition coefficient (Wildman–Crippen LogP) is 1.39. The Labute approximate surface area is 127 Å². The Bertz CT molecular complexity index is 617. The normalized spacial score (nSPS) is 15.3. The molecule has 0 aliphatic carbocycles. The Morgan fingerprint density at radius 2 is 1.95 bits per heavy atom. The van der Waals surface area contributed by atoms with Crippen molar-refractivity contribution in [2.24, 2.45) is 5.73 Å². The maximum atomic E-state index is 11.4. The second-order valence-electron chi connectivity index (χ2n) is 5.18. The molecule has 22 heavy (non-hydrogen) atoms. The monoisotopic (exact) mass is 306 g/mol. The van der Waals surface area contributed by atoms with Crippen LogP contribution in [0.15, 0.2) is 18.2 Å². The minimum Gasteiger partial charge on any atom is -0.364 e. The summed E-state index contributed by atoms with van der Waals surface area (Å²) in [5.74, 6) is -0.217. The topological polar surface area (TPSA) is 110 Å². The van der Waals surface area contributed by atoms with Gasteiger partial charge in [-0.25, -0.2) is 4.79 Å². The third kappa shape index (κ3) is 3.33. The molecular formula is C14H18N4O4. The van der Waals surface area contributed by atoms with Crippen molar-refractivity contribution in [2.45, 2.75) is 13.3 Å². The lowest BCUT2D eigenvalue weighted by Crippen LogP contribution is -2.38. The van der Waals surface area contributed by atoms with Crippen LogP contribution < -0.4 is 10.6 Å². The van der Waals surface area contributed by atoms with Gasteiger partial charge in [-0.05, 0) is 25.5 Å². The lowest BCUT2D eigenvalue weighted by molar-refractivity contribution is -0.384. The van der Waals surface area contributed by atoms with E-state index in [1.165, 1.54) is 17.9 Å². The number of carbonyl (C=O) groups is 2. The minimum absolute atomic E-state index is 0.0970. The molecule has 1 heterocycles. The minimum atomic E-state index is -0.488. The molecule has 0 radical (unpaired) electrons. The third-order valence-corrected chi connectivity index (χ3v) is 3.73. The highest BCUT2D eigenvalue weighted by molar-refractivity contribution is 5.95. The van der Waals surface area contributed by atoms with Crippen molar-refractivity contribution in [3.8, 4) is 0 Å². The van der Waals surface area contributed by atoms with Gasteiger partial charge in [-0.1, -0.05) is 0 Å². The molecule has 0 bridgehead atoms. The van der Waals surface area contributed by atoms with Crippen molar-refractivity contribution in [2.75, 3.05) is 31.1 Å². The van der Waals surface area contributed by atoms with E-state index >= 15 is 0 Å². The van der Waals surface area contributed by atoms with Crippen molar-refractivity contribution >= 4 is 23.2 Å². The van der Waals surface area contributed by atoms with Gasteiger partial charge in [-0.3, -0.25) is 14.9 Å². The molecular weight excluding hydrogens is 288 g/mol. The number of primary amides is 1. The van der Waals surface area contributed by atoms with Crippen LogP contribution in [0.2, 0.25) is 0 Å². The van der Waals surface area contributed by atoms with E-state index in [9.17, 15) is 19.7 Å². The molecule has 2 N–H and O–H groups in total. The Balaban J connectivity index is 2.29. The van der Waals surface area contributed by atoms with E-state index in [0.717, 1.165) is 0 Å². The molecule has 1 fully saturated rings. The summed E-state index contributed by atoms with van der Waals surface area (Å²) in [7, 11) is 0. The van der Waals surface area contributed by atoms with Gasteiger partial charge >= 0.3 is 6.03 Å². The number of nitro groups is 1. The second kappa shape index (κ2) is 6.42. The molecule has 0 aromatic heterocycles. The molecule has 1 aromatic carbocycles. The van der Waals surface area contributed by atoms with Crippen LogP contribution in [0.1, 0.15) is 23.7 Å². The quantitative estimate of drug-likeness (QED) is 0.515. The zero-order valence-electron chi connectivity index (χ0n) is 12.3. The first-order valence-corrected chi connectivity index (χ1v) is 6.99. The largest absolute Gasteiger partial charge is 0.364 e. The van der Waals surface area contributed by atoms with Crippen LogP contribution in [0.25, 0.3) is 0 Å². The molecule has 2 amide bonds. The van der Waals surface area contributed by atoms with Gasteiger partial charge in [-0.15, -0.1) is 0 Å². The number of rotatable bonds is 3. The highest BCUT2D eigenvalue weighted by Crippen LogP contribution is 2.30. The van der Waals surface area contributed by atoms with Gasteiger partial charge in [-0.2, -0.15) is 0 Å². The summed E-state index contributed by atoms with van der Waals surface area (Å²) < 4.78 is 0. The van der Waals surface area contributed by atoms with Crippen LogP contribution in [0.5, 0.6) is 0 Å². The average molecular weight is 306 g/mol. The molecule has 1 aliphatic heterocycles. The van der Waals surface area contributed by atoms with E-state index in [0.29, 0.717) is 43.9 Å². The average Bonchev–Trinajstić information content (AvgIpc) is 2.72.